The zero-order valence-corrected chi connectivity index (χ0v) is 14.7. The van der Waals surface area contributed by atoms with Crippen molar-refractivity contribution in [2.75, 3.05) is 0 Å². The molecule has 132 valence electrons. The molecule has 4 rings (SSSR count). The molecule has 0 bridgehead atoms. The van der Waals surface area contributed by atoms with Gasteiger partial charge in [0.25, 0.3) is 0 Å². The van der Waals surface area contributed by atoms with E-state index in [1.807, 2.05) is 24.3 Å². The van der Waals surface area contributed by atoms with E-state index < -0.39 is 0 Å². The average molecular weight is 365 g/mol. The van der Waals surface area contributed by atoms with E-state index in [4.69, 9.17) is 0 Å². The van der Waals surface area contributed by atoms with Crippen LogP contribution < -0.4 is 0 Å². The van der Waals surface area contributed by atoms with Gasteiger partial charge < -0.3 is 0 Å². The number of halogens is 2. The molecule has 0 saturated heterocycles. The molecule has 0 unspecified atom stereocenters. The van der Waals surface area contributed by atoms with E-state index >= 15 is 0 Å². The van der Waals surface area contributed by atoms with E-state index in [2.05, 4.69) is 28.7 Å². The van der Waals surface area contributed by atoms with E-state index in [1.165, 1.54) is 24.3 Å². The quantitative estimate of drug-likeness (QED) is 0.385. The van der Waals surface area contributed by atoms with Crippen molar-refractivity contribution in [2.24, 2.45) is 0 Å². The Morgan fingerprint density at radius 2 is 1.11 bits per heavy atom. The van der Waals surface area contributed by atoms with Gasteiger partial charge in [0, 0.05) is 28.3 Å². The summed E-state index contributed by atoms with van der Waals surface area (Å²) < 4.78 is 26.1. The molecule has 0 N–H and O–H groups in total. The average Bonchev–Trinajstić information content (AvgIpc) is 2.73. The second-order valence-electron chi connectivity index (χ2n) is 6.07. The van der Waals surface area contributed by atoms with Gasteiger partial charge in [-0.15, -0.1) is 0 Å². The number of pyridine rings is 1. The van der Waals surface area contributed by atoms with Crippen molar-refractivity contribution >= 4 is 10.9 Å². The predicted octanol–water partition coefficient (Wildman–Crippen LogP) is 5.31. The predicted molar refractivity (Wildman–Crippen MR) is 107 cm³/mol. The Morgan fingerprint density at radius 1 is 0.571 bits per heavy atom. The molecule has 0 fully saturated rings. The fourth-order valence-electron chi connectivity index (χ4n) is 2.73. The van der Waals surface area contributed by atoms with E-state index in [-0.39, 0.29) is 11.6 Å². The van der Waals surface area contributed by atoms with Crippen LogP contribution in [-0.2, 0) is 0 Å². The minimum atomic E-state index is -0.290. The van der Waals surface area contributed by atoms with Crippen molar-refractivity contribution in [3.8, 4) is 23.7 Å². The van der Waals surface area contributed by atoms with Crippen LogP contribution in [0.3, 0.4) is 0 Å². The number of fused-ring (bicyclic) bond motifs is 1. The SMILES string of the molecule is Fc1ccc(C#Cc2ccc(C#Cc3ccc(F)cc3)c3ncccc23)cc1. The molecule has 0 amide bonds. The largest absolute Gasteiger partial charge is 0.255 e. The number of nitrogens with zero attached hydrogens (tertiary/aromatic N) is 1. The molecule has 3 heteroatoms. The monoisotopic (exact) mass is 365 g/mol. The summed E-state index contributed by atoms with van der Waals surface area (Å²) in [7, 11) is 0. The maximum atomic E-state index is 13.0. The number of rotatable bonds is 0. The minimum Gasteiger partial charge on any atom is -0.255 e. The molecule has 0 aliphatic rings. The van der Waals surface area contributed by atoms with Crippen LogP contribution in [-0.4, -0.2) is 4.98 Å². The Balaban J connectivity index is 1.73. The van der Waals surface area contributed by atoms with Gasteiger partial charge in [0.1, 0.15) is 11.6 Å². The first kappa shape index (κ1) is 17.5. The van der Waals surface area contributed by atoms with Crippen LogP contribution in [0, 0.1) is 35.3 Å². The van der Waals surface area contributed by atoms with E-state index in [0.29, 0.717) is 0 Å². The standard InChI is InChI=1S/C25H13F2N/c26-22-13-5-18(6-14-22)3-9-20-11-12-21(25-24(20)2-1-17-28-25)10-4-19-7-15-23(27)16-8-19/h1-2,5-8,11-17H. The van der Waals surface area contributed by atoms with Crippen LogP contribution in [0.2, 0.25) is 0 Å². The van der Waals surface area contributed by atoms with Crippen LogP contribution in [0.5, 0.6) is 0 Å². The van der Waals surface area contributed by atoms with Gasteiger partial charge >= 0.3 is 0 Å². The van der Waals surface area contributed by atoms with Gasteiger partial charge in [-0.2, -0.15) is 0 Å². The van der Waals surface area contributed by atoms with Gasteiger partial charge in [-0.1, -0.05) is 23.7 Å². The molecule has 28 heavy (non-hydrogen) atoms. The van der Waals surface area contributed by atoms with Crippen molar-refractivity contribution in [1.82, 2.24) is 4.98 Å². The molecule has 0 aliphatic heterocycles. The summed E-state index contributed by atoms with van der Waals surface area (Å²) in [5.41, 5.74) is 3.80. The van der Waals surface area contributed by atoms with Crippen molar-refractivity contribution in [3.05, 3.63) is 113 Å². The molecule has 1 aromatic heterocycles. The van der Waals surface area contributed by atoms with Crippen LogP contribution in [0.4, 0.5) is 8.78 Å². The van der Waals surface area contributed by atoms with Crippen LogP contribution >= 0.6 is 0 Å². The molecule has 0 atom stereocenters. The lowest BCUT2D eigenvalue weighted by Gasteiger charge is -2.02. The number of aromatic nitrogens is 1. The van der Waals surface area contributed by atoms with Crippen LogP contribution in [0.15, 0.2) is 79.0 Å². The summed E-state index contributed by atoms with van der Waals surface area (Å²) in [5, 5.41) is 0.892. The minimum absolute atomic E-state index is 0.288. The lowest BCUT2D eigenvalue weighted by Crippen LogP contribution is -1.88. The first-order chi connectivity index (χ1) is 13.7. The fraction of sp³-hybridized carbons (Fsp3) is 0. The number of hydrogen-bond acceptors (Lipinski definition) is 1. The molecule has 3 aromatic carbocycles. The zero-order chi connectivity index (χ0) is 19.3. The smallest absolute Gasteiger partial charge is 0.123 e. The summed E-state index contributed by atoms with van der Waals surface area (Å²) >= 11 is 0. The third-order valence-corrected chi connectivity index (χ3v) is 4.14. The van der Waals surface area contributed by atoms with E-state index in [9.17, 15) is 8.78 Å². The second-order valence-corrected chi connectivity index (χ2v) is 6.07. The molecular formula is C25H13F2N. The highest BCUT2D eigenvalue weighted by Gasteiger charge is 2.04. The highest BCUT2D eigenvalue weighted by atomic mass is 19.1. The zero-order valence-electron chi connectivity index (χ0n) is 14.7. The van der Waals surface area contributed by atoms with Crippen molar-refractivity contribution < 1.29 is 8.78 Å². The van der Waals surface area contributed by atoms with Crippen molar-refractivity contribution in [1.29, 1.82) is 0 Å². The van der Waals surface area contributed by atoms with Gasteiger partial charge in [0.15, 0.2) is 0 Å². The number of hydrogen-bond donors (Lipinski definition) is 0. The van der Waals surface area contributed by atoms with E-state index in [1.54, 1.807) is 30.5 Å². The van der Waals surface area contributed by atoms with Crippen LogP contribution in [0.25, 0.3) is 10.9 Å². The molecule has 1 heterocycles. The van der Waals surface area contributed by atoms with Gasteiger partial charge in [-0.25, -0.2) is 8.78 Å². The maximum Gasteiger partial charge on any atom is 0.123 e. The molecule has 1 nitrogen and oxygen atoms in total. The van der Waals surface area contributed by atoms with Gasteiger partial charge in [0.2, 0.25) is 0 Å². The first-order valence-corrected chi connectivity index (χ1v) is 8.62. The summed E-state index contributed by atoms with van der Waals surface area (Å²) in [6.07, 6.45) is 1.71. The van der Waals surface area contributed by atoms with Crippen LogP contribution in [0.1, 0.15) is 22.3 Å². The summed E-state index contributed by atoms with van der Waals surface area (Å²) in [4.78, 5) is 4.45. The number of benzene rings is 3. The Hall–Kier alpha value is -3.95. The molecule has 0 spiro atoms. The second kappa shape index (κ2) is 7.74. The first-order valence-electron chi connectivity index (χ1n) is 8.62. The molecule has 4 aromatic rings. The van der Waals surface area contributed by atoms with Gasteiger partial charge in [0.05, 0.1) is 11.1 Å². The third kappa shape index (κ3) is 3.90. The normalized spacial score (nSPS) is 9.93. The summed E-state index contributed by atoms with van der Waals surface area (Å²) in [6, 6.07) is 19.7. The summed E-state index contributed by atoms with van der Waals surface area (Å²) in [5.74, 6) is 11.7. The Kier molecular flexibility index (Phi) is 4.83. The Bertz CT molecular complexity index is 1160. The third-order valence-electron chi connectivity index (χ3n) is 4.14. The van der Waals surface area contributed by atoms with Crippen molar-refractivity contribution in [3.63, 3.8) is 0 Å². The highest BCUT2D eigenvalue weighted by molar-refractivity contribution is 5.89. The maximum absolute atomic E-state index is 13.0. The van der Waals surface area contributed by atoms with E-state index in [0.717, 1.165) is 33.2 Å². The summed E-state index contributed by atoms with van der Waals surface area (Å²) in [6.45, 7) is 0. The fourth-order valence-corrected chi connectivity index (χ4v) is 2.73. The Morgan fingerprint density at radius 3 is 1.71 bits per heavy atom. The molecular weight excluding hydrogens is 352 g/mol. The molecule has 0 aliphatic carbocycles. The van der Waals surface area contributed by atoms with Crippen molar-refractivity contribution in [2.45, 2.75) is 0 Å². The molecule has 0 saturated carbocycles. The van der Waals surface area contributed by atoms with Gasteiger partial charge in [-0.05, 0) is 72.8 Å². The lowest BCUT2D eigenvalue weighted by molar-refractivity contribution is 0.627. The lowest BCUT2D eigenvalue weighted by atomic mass is 10.0. The topological polar surface area (TPSA) is 12.9 Å². The Labute approximate surface area is 161 Å². The highest BCUT2D eigenvalue weighted by Crippen LogP contribution is 2.20. The van der Waals surface area contributed by atoms with Gasteiger partial charge in [-0.3, -0.25) is 4.98 Å². The molecule has 0 radical (unpaired) electrons.